The van der Waals surface area contributed by atoms with Gasteiger partial charge in [0.2, 0.25) is 0 Å². The zero-order chi connectivity index (χ0) is 7.78. The SMILES string of the molecule is C=[N+]1CCCC(Cl)C1(C)C. The molecule has 1 unspecified atom stereocenters. The van der Waals surface area contributed by atoms with E-state index in [2.05, 4.69) is 25.1 Å². The molecule has 1 atom stereocenters. The molecule has 10 heavy (non-hydrogen) atoms. The third kappa shape index (κ3) is 1.20. The molecule has 0 spiro atoms. The highest BCUT2D eigenvalue weighted by molar-refractivity contribution is 6.21. The molecule has 1 rings (SSSR count). The molecule has 1 saturated heterocycles. The molecule has 0 aromatic rings. The van der Waals surface area contributed by atoms with Crippen LogP contribution in [0.3, 0.4) is 0 Å². The highest BCUT2D eigenvalue weighted by Gasteiger charge is 2.40. The third-order valence-corrected chi connectivity index (χ3v) is 3.22. The minimum absolute atomic E-state index is 0.0831. The van der Waals surface area contributed by atoms with Crippen LogP contribution in [0.25, 0.3) is 0 Å². The van der Waals surface area contributed by atoms with Crippen molar-refractivity contribution < 1.29 is 4.58 Å². The van der Waals surface area contributed by atoms with Crippen molar-refractivity contribution in [3.05, 3.63) is 0 Å². The van der Waals surface area contributed by atoms with Crippen LogP contribution in [0, 0.1) is 0 Å². The smallest absolute Gasteiger partial charge is 0.172 e. The first-order valence-electron chi connectivity index (χ1n) is 3.77. The van der Waals surface area contributed by atoms with Crippen molar-refractivity contribution in [1.29, 1.82) is 0 Å². The second kappa shape index (κ2) is 2.54. The molecule has 1 aliphatic rings. The highest BCUT2D eigenvalue weighted by atomic mass is 35.5. The Kier molecular flexibility index (Phi) is 2.04. The second-order valence-electron chi connectivity index (χ2n) is 3.53. The Hall–Kier alpha value is -0.0400. The summed E-state index contributed by atoms with van der Waals surface area (Å²) in [6.45, 7) is 9.33. The van der Waals surface area contributed by atoms with Gasteiger partial charge < -0.3 is 0 Å². The topological polar surface area (TPSA) is 3.01 Å². The van der Waals surface area contributed by atoms with Gasteiger partial charge in [0.1, 0.15) is 13.3 Å². The van der Waals surface area contributed by atoms with E-state index in [0.29, 0.717) is 0 Å². The maximum absolute atomic E-state index is 6.12. The van der Waals surface area contributed by atoms with E-state index < -0.39 is 0 Å². The van der Waals surface area contributed by atoms with E-state index in [1.165, 1.54) is 6.42 Å². The fourth-order valence-electron chi connectivity index (χ4n) is 1.30. The lowest BCUT2D eigenvalue weighted by Crippen LogP contribution is -2.47. The molecule has 0 aliphatic carbocycles. The molecular weight excluding hydrogens is 146 g/mol. The molecule has 1 aliphatic heterocycles. The summed E-state index contributed by atoms with van der Waals surface area (Å²) in [6, 6.07) is 0. The predicted molar refractivity (Wildman–Crippen MR) is 45.2 cm³/mol. The summed E-state index contributed by atoms with van der Waals surface area (Å²) in [5, 5.41) is 0.263. The van der Waals surface area contributed by atoms with Crippen molar-refractivity contribution in [2.75, 3.05) is 6.54 Å². The zero-order valence-corrected chi connectivity index (χ0v) is 7.49. The van der Waals surface area contributed by atoms with Gasteiger partial charge in [-0.25, -0.2) is 4.58 Å². The van der Waals surface area contributed by atoms with Crippen molar-refractivity contribution >= 4 is 18.3 Å². The van der Waals surface area contributed by atoms with Crippen LogP contribution in [0.15, 0.2) is 0 Å². The van der Waals surface area contributed by atoms with Gasteiger partial charge in [0.15, 0.2) is 5.54 Å². The average molecular weight is 161 g/mol. The van der Waals surface area contributed by atoms with E-state index in [1.807, 2.05) is 0 Å². The lowest BCUT2D eigenvalue weighted by atomic mass is 9.92. The first-order valence-corrected chi connectivity index (χ1v) is 4.21. The molecule has 0 N–H and O–H groups in total. The lowest BCUT2D eigenvalue weighted by Gasteiger charge is -2.31. The minimum Gasteiger partial charge on any atom is -0.236 e. The summed E-state index contributed by atoms with van der Waals surface area (Å²) in [5.41, 5.74) is 0.0831. The quantitative estimate of drug-likeness (QED) is 0.376. The molecule has 0 radical (unpaired) electrons. The van der Waals surface area contributed by atoms with E-state index in [0.717, 1.165) is 13.0 Å². The Morgan fingerprint density at radius 3 is 2.60 bits per heavy atom. The maximum Gasteiger partial charge on any atom is 0.172 e. The van der Waals surface area contributed by atoms with Crippen LogP contribution < -0.4 is 0 Å². The summed E-state index contributed by atoms with van der Waals surface area (Å²) in [4.78, 5) is 0. The standard InChI is InChI=1S/C8H15ClN/c1-8(2)7(9)5-4-6-10(8)3/h7H,3-6H2,1-2H3/q+1. The molecule has 0 aromatic carbocycles. The predicted octanol–water partition coefficient (Wildman–Crippen LogP) is 1.88. The Morgan fingerprint density at radius 1 is 1.60 bits per heavy atom. The van der Waals surface area contributed by atoms with Crippen molar-refractivity contribution in [3.8, 4) is 0 Å². The molecule has 0 saturated carbocycles. The Balaban J connectivity index is 2.73. The monoisotopic (exact) mass is 160 g/mol. The number of hydrogen-bond donors (Lipinski definition) is 0. The summed E-state index contributed by atoms with van der Waals surface area (Å²) in [5.74, 6) is 0. The van der Waals surface area contributed by atoms with Crippen molar-refractivity contribution in [2.24, 2.45) is 0 Å². The Morgan fingerprint density at radius 2 is 2.20 bits per heavy atom. The first kappa shape index (κ1) is 8.06. The number of hydrogen-bond acceptors (Lipinski definition) is 0. The van der Waals surface area contributed by atoms with Gasteiger partial charge in [-0.15, -0.1) is 11.6 Å². The maximum atomic E-state index is 6.12. The number of halogens is 1. The van der Waals surface area contributed by atoms with Crippen LogP contribution in [0.5, 0.6) is 0 Å². The third-order valence-electron chi connectivity index (χ3n) is 2.47. The van der Waals surface area contributed by atoms with Crippen LogP contribution in [-0.2, 0) is 0 Å². The molecule has 58 valence electrons. The van der Waals surface area contributed by atoms with E-state index in [1.54, 1.807) is 0 Å². The van der Waals surface area contributed by atoms with Gasteiger partial charge in [0.25, 0.3) is 0 Å². The highest BCUT2D eigenvalue weighted by Crippen LogP contribution is 2.27. The normalized spacial score (nSPS) is 32.3. The molecule has 2 heteroatoms. The second-order valence-corrected chi connectivity index (χ2v) is 4.05. The summed E-state index contributed by atoms with van der Waals surface area (Å²) in [7, 11) is 0. The van der Waals surface area contributed by atoms with Crippen LogP contribution >= 0.6 is 11.6 Å². The van der Waals surface area contributed by atoms with Crippen molar-refractivity contribution in [2.45, 2.75) is 37.6 Å². The van der Waals surface area contributed by atoms with E-state index in [9.17, 15) is 0 Å². The van der Waals surface area contributed by atoms with E-state index >= 15 is 0 Å². The fraction of sp³-hybridized carbons (Fsp3) is 0.875. The first-order chi connectivity index (χ1) is 4.55. The van der Waals surface area contributed by atoms with Crippen LogP contribution in [0.4, 0.5) is 0 Å². The Bertz CT molecular complexity index is 151. The summed E-state index contributed by atoms with van der Waals surface area (Å²) in [6.07, 6.45) is 2.31. The molecule has 0 amide bonds. The number of alkyl halides is 1. The van der Waals surface area contributed by atoms with Gasteiger partial charge in [-0.05, 0) is 6.42 Å². The Labute approximate surface area is 67.7 Å². The molecule has 1 fully saturated rings. The fourth-order valence-corrected chi connectivity index (χ4v) is 1.59. The average Bonchev–Trinajstić information content (AvgIpc) is 1.84. The van der Waals surface area contributed by atoms with E-state index in [-0.39, 0.29) is 10.9 Å². The molecule has 0 aromatic heterocycles. The van der Waals surface area contributed by atoms with Crippen LogP contribution in [0.2, 0.25) is 0 Å². The summed E-state index contributed by atoms with van der Waals surface area (Å²) < 4.78 is 2.09. The van der Waals surface area contributed by atoms with Gasteiger partial charge in [-0.3, -0.25) is 0 Å². The van der Waals surface area contributed by atoms with Gasteiger partial charge in [0, 0.05) is 20.3 Å². The van der Waals surface area contributed by atoms with Crippen molar-refractivity contribution in [1.82, 2.24) is 0 Å². The molecule has 0 bridgehead atoms. The number of piperidine rings is 1. The van der Waals surface area contributed by atoms with Gasteiger partial charge in [-0.1, -0.05) is 0 Å². The van der Waals surface area contributed by atoms with Crippen LogP contribution in [-0.4, -0.2) is 28.8 Å². The molecule has 1 nitrogen and oxygen atoms in total. The lowest BCUT2D eigenvalue weighted by molar-refractivity contribution is -0.602. The number of rotatable bonds is 0. The van der Waals surface area contributed by atoms with Gasteiger partial charge in [-0.2, -0.15) is 0 Å². The molecular formula is C8H15ClN+. The minimum atomic E-state index is 0.0831. The molecule has 1 heterocycles. The van der Waals surface area contributed by atoms with Gasteiger partial charge >= 0.3 is 0 Å². The largest absolute Gasteiger partial charge is 0.236 e. The van der Waals surface area contributed by atoms with Gasteiger partial charge in [0.05, 0.1) is 5.38 Å². The number of nitrogens with zero attached hydrogens (tertiary/aromatic N) is 1. The van der Waals surface area contributed by atoms with Crippen molar-refractivity contribution in [3.63, 3.8) is 0 Å². The summed E-state index contributed by atoms with van der Waals surface area (Å²) >= 11 is 6.12. The zero-order valence-electron chi connectivity index (χ0n) is 6.73. The van der Waals surface area contributed by atoms with E-state index in [4.69, 9.17) is 11.6 Å². The van der Waals surface area contributed by atoms with Crippen LogP contribution in [0.1, 0.15) is 26.7 Å².